The summed E-state index contributed by atoms with van der Waals surface area (Å²) in [6.07, 6.45) is 0. The molecule has 0 aliphatic carbocycles. The molecule has 0 saturated heterocycles. The van der Waals surface area contributed by atoms with Crippen molar-refractivity contribution in [1.82, 2.24) is 0 Å². The minimum absolute atomic E-state index is 0.535. The highest BCUT2D eigenvalue weighted by Crippen LogP contribution is 2.17. The van der Waals surface area contributed by atoms with Crippen molar-refractivity contribution in [2.45, 2.75) is 0 Å². The summed E-state index contributed by atoms with van der Waals surface area (Å²) < 4.78 is 5.71. The Bertz CT molecular complexity index is 640. The minimum Gasteiger partial charge on any atom is -0.456 e. The fourth-order valence-corrected chi connectivity index (χ4v) is 1.79. The molecule has 0 saturated carbocycles. The molecule has 0 fully saturated rings. The number of nitrogens with one attached hydrogen (secondary N) is 1. The highest BCUT2D eigenvalue weighted by Gasteiger charge is 2.02. The SMILES string of the molecule is N=c1c2ccccc2oc2ccccc12. The first-order chi connectivity index (χ1) is 7.36. The van der Waals surface area contributed by atoms with Crippen molar-refractivity contribution in [3.63, 3.8) is 0 Å². The van der Waals surface area contributed by atoms with Crippen molar-refractivity contribution < 1.29 is 4.42 Å². The lowest BCUT2D eigenvalue weighted by molar-refractivity contribution is 0.659. The topological polar surface area (TPSA) is 37.0 Å². The highest BCUT2D eigenvalue weighted by molar-refractivity contribution is 5.88. The van der Waals surface area contributed by atoms with E-state index in [1.54, 1.807) is 0 Å². The molecular weight excluding hydrogens is 186 g/mol. The zero-order valence-electron chi connectivity index (χ0n) is 8.03. The number of hydrogen-bond acceptors (Lipinski definition) is 2. The van der Waals surface area contributed by atoms with Gasteiger partial charge in [-0.05, 0) is 24.3 Å². The summed E-state index contributed by atoms with van der Waals surface area (Å²) in [6, 6.07) is 15.3. The number of fused-ring (bicyclic) bond motifs is 2. The Balaban J connectivity index is 2.66. The Labute approximate surface area is 86.3 Å². The van der Waals surface area contributed by atoms with Crippen LogP contribution in [0.25, 0.3) is 21.9 Å². The van der Waals surface area contributed by atoms with E-state index in [0.717, 1.165) is 21.9 Å². The number of benzene rings is 2. The molecule has 0 unspecified atom stereocenters. The quantitative estimate of drug-likeness (QED) is 0.550. The maximum absolute atomic E-state index is 8.07. The van der Waals surface area contributed by atoms with E-state index in [1.165, 1.54) is 0 Å². The normalized spacial score (nSPS) is 10.9. The van der Waals surface area contributed by atoms with E-state index in [1.807, 2.05) is 48.5 Å². The van der Waals surface area contributed by atoms with E-state index in [-0.39, 0.29) is 0 Å². The van der Waals surface area contributed by atoms with Gasteiger partial charge in [-0.15, -0.1) is 0 Å². The first-order valence-electron chi connectivity index (χ1n) is 4.81. The summed E-state index contributed by atoms with van der Waals surface area (Å²) in [5.74, 6) is 0. The van der Waals surface area contributed by atoms with Crippen LogP contribution in [0.3, 0.4) is 0 Å². The Morgan fingerprint density at radius 2 is 1.20 bits per heavy atom. The standard InChI is InChI=1S/C13H9NO/c14-13-9-5-1-3-7-11(9)15-12-8-4-2-6-10(12)13/h1-8,14H. The predicted octanol–water partition coefficient (Wildman–Crippen LogP) is 3.07. The zero-order valence-corrected chi connectivity index (χ0v) is 8.03. The average Bonchev–Trinajstić information content (AvgIpc) is 2.30. The predicted molar refractivity (Wildman–Crippen MR) is 59.6 cm³/mol. The van der Waals surface area contributed by atoms with Crippen molar-refractivity contribution in [3.05, 3.63) is 53.9 Å². The van der Waals surface area contributed by atoms with Gasteiger partial charge in [-0.2, -0.15) is 0 Å². The fraction of sp³-hybridized carbons (Fsp3) is 0. The summed E-state index contributed by atoms with van der Waals surface area (Å²) in [7, 11) is 0. The van der Waals surface area contributed by atoms with E-state index in [0.29, 0.717) is 5.36 Å². The maximum atomic E-state index is 8.07. The molecule has 0 aliphatic rings. The fourth-order valence-electron chi connectivity index (χ4n) is 1.79. The second-order valence-corrected chi connectivity index (χ2v) is 3.47. The van der Waals surface area contributed by atoms with Crippen LogP contribution in [0.5, 0.6) is 0 Å². The molecular formula is C13H9NO. The minimum atomic E-state index is 0.535. The van der Waals surface area contributed by atoms with E-state index in [9.17, 15) is 0 Å². The average molecular weight is 195 g/mol. The molecule has 0 bridgehead atoms. The van der Waals surface area contributed by atoms with Crippen LogP contribution in [0.2, 0.25) is 0 Å². The highest BCUT2D eigenvalue weighted by atomic mass is 16.3. The maximum Gasteiger partial charge on any atom is 0.136 e. The molecule has 3 rings (SSSR count). The summed E-state index contributed by atoms with van der Waals surface area (Å²) >= 11 is 0. The second kappa shape index (κ2) is 2.95. The van der Waals surface area contributed by atoms with Gasteiger partial charge in [0.1, 0.15) is 11.2 Å². The van der Waals surface area contributed by atoms with Gasteiger partial charge in [-0.25, -0.2) is 0 Å². The third-order valence-corrected chi connectivity index (χ3v) is 2.53. The summed E-state index contributed by atoms with van der Waals surface area (Å²) in [5, 5.41) is 10.3. The van der Waals surface area contributed by atoms with Crippen molar-refractivity contribution in [2.75, 3.05) is 0 Å². The van der Waals surface area contributed by atoms with E-state index in [2.05, 4.69) is 0 Å². The molecule has 0 aliphatic heterocycles. The molecule has 0 spiro atoms. The second-order valence-electron chi connectivity index (χ2n) is 3.47. The molecule has 2 heteroatoms. The van der Waals surface area contributed by atoms with Gasteiger partial charge < -0.3 is 4.42 Å². The summed E-state index contributed by atoms with van der Waals surface area (Å²) in [5.41, 5.74) is 1.53. The third-order valence-electron chi connectivity index (χ3n) is 2.53. The summed E-state index contributed by atoms with van der Waals surface area (Å²) in [4.78, 5) is 0. The lowest BCUT2D eigenvalue weighted by Crippen LogP contribution is -2.01. The molecule has 1 aromatic heterocycles. The largest absolute Gasteiger partial charge is 0.456 e. The monoisotopic (exact) mass is 195 g/mol. The molecule has 0 amide bonds. The molecule has 0 radical (unpaired) electrons. The zero-order chi connectivity index (χ0) is 10.3. The first kappa shape index (κ1) is 8.24. The number of para-hydroxylation sites is 2. The van der Waals surface area contributed by atoms with Crippen LogP contribution in [-0.4, -0.2) is 0 Å². The van der Waals surface area contributed by atoms with Crippen LogP contribution >= 0.6 is 0 Å². The van der Waals surface area contributed by atoms with Gasteiger partial charge in [0.05, 0.1) is 5.36 Å². The van der Waals surface area contributed by atoms with E-state index >= 15 is 0 Å². The van der Waals surface area contributed by atoms with Crippen molar-refractivity contribution >= 4 is 21.9 Å². The molecule has 3 aromatic rings. The molecule has 1 N–H and O–H groups in total. The van der Waals surface area contributed by atoms with E-state index in [4.69, 9.17) is 9.83 Å². The summed E-state index contributed by atoms with van der Waals surface area (Å²) in [6.45, 7) is 0. The van der Waals surface area contributed by atoms with E-state index < -0.39 is 0 Å². The van der Waals surface area contributed by atoms with Gasteiger partial charge in [0.15, 0.2) is 0 Å². The van der Waals surface area contributed by atoms with Crippen molar-refractivity contribution in [2.24, 2.45) is 0 Å². The van der Waals surface area contributed by atoms with Crippen LogP contribution in [0.4, 0.5) is 0 Å². The third kappa shape index (κ3) is 1.15. The number of hydrogen-bond donors (Lipinski definition) is 1. The molecule has 1 heterocycles. The molecule has 2 nitrogen and oxygen atoms in total. The van der Waals surface area contributed by atoms with Crippen LogP contribution in [-0.2, 0) is 0 Å². The molecule has 2 aromatic carbocycles. The first-order valence-corrected chi connectivity index (χ1v) is 4.81. The van der Waals surface area contributed by atoms with Gasteiger partial charge in [0, 0.05) is 10.8 Å². The Morgan fingerprint density at radius 3 is 1.73 bits per heavy atom. The smallest absolute Gasteiger partial charge is 0.136 e. The van der Waals surface area contributed by atoms with Crippen molar-refractivity contribution in [3.8, 4) is 0 Å². The Kier molecular flexibility index (Phi) is 1.62. The Morgan fingerprint density at radius 1 is 0.733 bits per heavy atom. The van der Waals surface area contributed by atoms with Gasteiger partial charge in [0.25, 0.3) is 0 Å². The van der Waals surface area contributed by atoms with Crippen molar-refractivity contribution in [1.29, 1.82) is 5.41 Å². The van der Waals surface area contributed by atoms with Gasteiger partial charge in [0.2, 0.25) is 0 Å². The van der Waals surface area contributed by atoms with Gasteiger partial charge in [-0.1, -0.05) is 24.3 Å². The Hall–Kier alpha value is -2.09. The van der Waals surface area contributed by atoms with Crippen LogP contribution < -0.4 is 5.36 Å². The van der Waals surface area contributed by atoms with Crippen LogP contribution in [0, 0.1) is 5.41 Å². The molecule has 0 atom stereocenters. The van der Waals surface area contributed by atoms with Crippen LogP contribution in [0.1, 0.15) is 0 Å². The molecule has 15 heavy (non-hydrogen) atoms. The number of rotatable bonds is 0. The molecule has 72 valence electrons. The van der Waals surface area contributed by atoms with Crippen LogP contribution in [0.15, 0.2) is 52.9 Å². The lowest BCUT2D eigenvalue weighted by atomic mass is 10.1. The van der Waals surface area contributed by atoms with Gasteiger partial charge >= 0.3 is 0 Å². The lowest BCUT2D eigenvalue weighted by Gasteiger charge is -2.01. The van der Waals surface area contributed by atoms with Gasteiger partial charge in [-0.3, -0.25) is 5.41 Å².